The van der Waals surface area contributed by atoms with E-state index in [1.54, 1.807) is 49.3 Å². The van der Waals surface area contributed by atoms with Gasteiger partial charge in [0.15, 0.2) is 5.78 Å². The summed E-state index contributed by atoms with van der Waals surface area (Å²) in [5.41, 5.74) is 14.0. The fourth-order valence-electron chi connectivity index (χ4n) is 7.76. The molecule has 6 aromatic rings. The smallest absolute Gasteiger partial charge is 0.337 e. The van der Waals surface area contributed by atoms with Crippen molar-refractivity contribution in [2.75, 3.05) is 49.6 Å². The molecule has 12 nitrogen and oxygen atoms in total. The van der Waals surface area contributed by atoms with Crippen LogP contribution in [0.15, 0.2) is 143 Å². The maximum absolute atomic E-state index is 13.5. The average molecular weight is 836 g/mol. The molecule has 0 bridgehead atoms. The van der Waals surface area contributed by atoms with Crippen molar-refractivity contribution in [2.24, 2.45) is 5.73 Å². The van der Waals surface area contributed by atoms with E-state index in [2.05, 4.69) is 0 Å². The van der Waals surface area contributed by atoms with Crippen LogP contribution in [0.1, 0.15) is 70.4 Å². The number of amides is 4. The largest absolute Gasteiger partial charge is 0.472 e. The van der Waals surface area contributed by atoms with E-state index in [9.17, 15) is 19.2 Å². The Balaban J connectivity index is 0.000000186. The van der Waals surface area contributed by atoms with Crippen LogP contribution in [-0.2, 0) is 17.8 Å². The van der Waals surface area contributed by atoms with Crippen molar-refractivity contribution >= 4 is 35.2 Å². The molecular weight excluding hydrogens is 783 g/mol. The summed E-state index contributed by atoms with van der Waals surface area (Å²) in [6, 6.07) is 34.2. The number of hydrogen-bond acceptors (Lipinski definition) is 8. The summed E-state index contributed by atoms with van der Waals surface area (Å²) in [6.07, 6.45) is 13.1. The van der Waals surface area contributed by atoms with Gasteiger partial charge in [0.25, 0.3) is 0 Å². The van der Waals surface area contributed by atoms with E-state index in [1.807, 2.05) is 105 Å². The Morgan fingerprint density at radius 3 is 1.39 bits per heavy atom. The summed E-state index contributed by atoms with van der Waals surface area (Å²) >= 11 is 0. The Bertz CT molecular complexity index is 2210. The van der Waals surface area contributed by atoms with Gasteiger partial charge in [-0.2, -0.15) is 0 Å². The molecule has 2 fully saturated rings. The molecule has 0 unspecified atom stereocenters. The second-order valence-corrected chi connectivity index (χ2v) is 15.5. The molecule has 320 valence electrons. The lowest BCUT2D eigenvalue weighted by atomic mass is 10.1. The lowest BCUT2D eigenvalue weighted by molar-refractivity contribution is 0.0600. The van der Waals surface area contributed by atoms with E-state index < -0.39 is 0 Å². The third-order valence-electron chi connectivity index (χ3n) is 11.3. The number of methoxy groups -OCH3 is 1. The molecule has 0 aliphatic carbocycles. The molecule has 4 aromatic carbocycles. The van der Waals surface area contributed by atoms with Crippen LogP contribution < -0.4 is 15.5 Å². The summed E-state index contributed by atoms with van der Waals surface area (Å²) in [4.78, 5) is 58.0. The van der Waals surface area contributed by atoms with Crippen molar-refractivity contribution in [3.63, 3.8) is 0 Å². The van der Waals surface area contributed by atoms with Crippen LogP contribution in [0.4, 0.5) is 21.0 Å². The Labute approximate surface area is 362 Å². The van der Waals surface area contributed by atoms with Crippen LogP contribution in [0.3, 0.4) is 0 Å². The summed E-state index contributed by atoms with van der Waals surface area (Å²) < 4.78 is 15.2. The molecule has 4 amide bonds. The molecule has 0 spiro atoms. The number of carbonyl (C=O) groups is 4. The third kappa shape index (κ3) is 10.9. The number of likely N-dealkylation sites (tertiary alicyclic amines) is 2. The van der Waals surface area contributed by atoms with Gasteiger partial charge < -0.3 is 29.1 Å². The van der Waals surface area contributed by atoms with Gasteiger partial charge in [-0.15, -0.1) is 0 Å². The first-order valence-corrected chi connectivity index (χ1v) is 21.2. The lowest BCUT2D eigenvalue weighted by Gasteiger charge is -2.33. The fourth-order valence-corrected chi connectivity index (χ4v) is 7.76. The zero-order chi connectivity index (χ0) is 43.3. The van der Waals surface area contributed by atoms with E-state index in [4.69, 9.17) is 19.3 Å². The molecule has 2 N–H and O–H groups in total. The number of benzene rings is 4. The third-order valence-corrected chi connectivity index (χ3v) is 11.3. The number of carbonyl (C=O) groups excluding carboxylic acids is 4. The van der Waals surface area contributed by atoms with Gasteiger partial charge in [-0.1, -0.05) is 60.7 Å². The number of Topliss-reactive ketones (excluding diaryl/α,β-unsaturated/α-hetero) is 1. The van der Waals surface area contributed by atoms with E-state index >= 15 is 0 Å². The van der Waals surface area contributed by atoms with E-state index in [1.165, 1.54) is 7.11 Å². The monoisotopic (exact) mass is 835 g/mol. The van der Waals surface area contributed by atoms with Gasteiger partial charge in [0.1, 0.15) is 0 Å². The minimum atomic E-state index is -0.374. The first-order valence-electron chi connectivity index (χ1n) is 21.2. The molecule has 62 heavy (non-hydrogen) atoms. The van der Waals surface area contributed by atoms with Crippen molar-refractivity contribution in [1.29, 1.82) is 0 Å². The van der Waals surface area contributed by atoms with Gasteiger partial charge in [0.2, 0.25) is 0 Å². The minimum Gasteiger partial charge on any atom is -0.472 e. The van der Waals surface area contributed by atoms with E-state index in [0.717, 1.165) is 109 Å². The topological polar surface area (TPSA) is 143 Å². The Morgan fingerprint density at radius 2 is 1.00 bits per heavy atom. The second-order valence-electron chi connectivity index (χ2n) is 15.5. The number of ether oxygens (including phenoxy) is 1. The van der Waals surface area contributed by atoms with Crippen LogP contribution in [0.25, 0.3) is 22.3 Å². The Morgan fingerprint density at radius 1 is 0.565 bits per heavy atom. The number of rotatable bonds is 11. The van der Waals surface area contributed by atoms with Crippen molar-refractivity contribution < 1.29 is 32.7 Å². The van der Waals surface area contributed by atoms with Gasteiger partial charge in [-0.05, 0) is 109 Å². The van der Waals surface area contributed by atoms with Crippen LogP contribution in [0, 0.1) is 0 Å². The quantitative estimate of drug-likeness (QED) is 0.100. The average Bonchev–Trinajstić information content (AvgIpc) is 4.10. The summed E-state index contributed by atoms with van der Waals surface area (Å²) in [5, 5.41) is 0. The van der Waals surface area contributed by atoms with Crippen LogP contribution >= 0.6 is 0 Å². The number of nitrogens with zero attached hydrogens (tertiary/aromatic N) is 4. The maximum Gasteiger partial charge on any atom is 0.337 e. The predicted molar refractivity (Wildman–Crippen MR) is 240 cm³/mol. The zero-order valence-corrected chi connectivity index (χ0v) is 35.1. The van der Waals surface area contributed by atoms with Crippen molar-refractivity contribution in [1.82, 2.24) is 9.80 Å². The molecule has 2 aromatic heterocycles. The van der Waals surface area contributed by atoms with Crippen LogP contribution in [0.2, 0.25) is 0 Å². The van der Waals surface area contributed by atoms with Crippen LogP contribution in [0.5, 0.6) is 0 Å². The summed E-state index contributed by atoms with van der Waals surface area (Å²) in [6.45, 7) is 3.92. The maximum atomic E-state index is 13.5. The Hall–Kier alpha value is -6.92. The number of furan rings is 2. The molecule has 0 radical (unpaired) electrons. The van der Waals surface area contributed by atoms with Crippen molar-refractivity contribution in [3.05, 3.63) is 157 Å². The SMILES string of the molecule is COC(=O)c1ccc(CN(C(=O)N2CCCCC2)c2cccc(-c3ccoc3)c2)cc1.NCC(=O)c1ccc(CN(C(=O)N2CCCCC2)c2cccc(-c3ccoc3)c2)cc1. The van der Waals surface area contributed by atoms with Gasteiger partial charge >= 0.3 is 18.0 Å². The van der Waals surface area contributed by atoms with Crippen molar-refractivity contribution in [3.8, 4) is 22.3 Å². The first-order chi connectivity index (χ1) is 30.3. The highest BCUT2D eigenvalue weighted by atomic mass is 16.5. The Kier molecular flexibility index (Phi) is 14.7. The molecule has 0 saturated carbocycles. The standard InChI is InChI=1S/C25H27N3O3.C25H26N2O4/c26-16-24(29)20-9-7-19(8-10-20)17-28(25(30)27-12-2-1-3-13-27)23-6-4-5-21(15-23)22-11-14-31-18-22;1-30-24(28)20-10-8-19(9-11-20)17-27(25(29)26-13-3-2-4-14-26)23-7-5-6-21(16-23)22-12-15-31-18-22/h4-11,14-15,18H,1-3,12-13,16-17,26H2;5-12,15-16,18H,2-4,13-14,17H2,1H3. The van der Waals surface area contributed by atoms with Gasteiger partial charge in [0, 0.05) is 54.2 Å². The van der Waals surface area contributed by atoms with Gasteiger partial charge in [-0.3, -0.25) is 14.6 Å². The molecule has 8 rings (SSSR count). The van der Waals surface area contributed by atoms with E-state index in [0.29, 0.717) is 24.2 Å². The summed E-state index contributed by atoms with van der Waals surface area (Å²) in [7, 11) is 1.36. The van der Waals surface area contributed by atoms with Crippen LogP contribution in [-0.4, -0.2) is 73.4 Å². The second kappa shape index (κ2) is 21.0. The van der Waals surface area contributed by atoms with E-state index in [-0.39, 0.29) is 30.4 Å². The van der Waals surface area contributed by atoms with Gasteiger partial charge in [-0.25, -0.2) is 14.4 Å². The normalized spacial score (nSPS) is 13.7. The molecule has 0 atom stereocenters. The number of piperidine rings is 2. The highest BCUT2D eigenvalue weighted by Gasteiger charge is 2.26. The summed E-state index contributed by atoms with van der Waals surface area (Å²) in [5.74, 6) is -0.471. The van der Waals surface area contributed by atoms with Crippen molar-refractivity contribution in [2.45, 2.75) is 51.6 Å². The molecular formula is C50H53N5O7. The molecule has 2 aliphatic heterocycles. The number of anilines is 2. The number of ketones is 1. The zero-order valence-electron chi connectivity index (χ0n) is 35.1. The van der Waals surface area contributed by atoms with Gasteiger partial charge in [0.05, 0.1) is 57.4 Å². The first kappa shape index (κ1) is 43.2. The number of nitrogens with two attached hydrogens (primary N) is 1. The highest BCUT2D eigenvalue weighted by molar-refractivity contribution is 5.98. The number of urea groups is 2. The molecule has 12 heteroatoms. The predicted octanol–water partition coefficient (Wildman–Crippen LogP) is 10.0. The number of hydrogen-bond donors (Lipinski definition) is 1. The molecule has 4 heterocycles. The lowest BCUT2D eigenvalue weighted by Crippen LogP contribution is -2.45. The highest BCUT2D eigenvalue weighted by Crippen LogP contribution is 2.30. The molecule has 2 saturated heterocycles. The molecule has 2 aliphatic rings. The fraction of sp³-hybridized carbons (Fsp3) is 0.280. The number of esters is 1. The minimum absolute atomic E-state index is 0.00101.